The standard InChI is InChI=1S/C18H27ClN2O3S/c1-24-17-2-4-18(5-3-17)25(22,23)21-12-8-16(9-13-21)14-15-6-10-20(19)11-7-15/h2-5,15-16H,6-14H2,1H3. The van der Waals surface area contributed by atoms with Crippen LogP contribution in [0.4, 0.5) is 0 Å². The topological polar surface area (TPSA) is 49.9 Å². The number of hydrogen-bond acceptors (Lipinski definition) is 4. The Kier molecular flexibility index (Phi) is 6.25. The van der Waals surface area contributed by atoms with Crippen molar-refractivity contribution in [2.75, 3.05) is 33.3 Å². The highest BCUT2D eigenvalue weighted by Crippen LogP contribution is 2.32. The lowest BCUT2D eigenvalue weighted by Gasteiger charge is -2.34. The molecule has 25 heavy (non-hydrogen) atoms. The third-order valence-electron chi connectivity index (χ3n) is 5.50. The van der Waals surface area contributed by atoms with E-state index in [2.05, 4.69) is 0 Å². The highest BCUT2D eigenvalue weighted by atomic mass is 35.5. The molecule has 0 radical (unpaired) electrons. The van der Waals surface area contributed by atoms with E-state index in [0.717, 1.165) is 44.7 Å². The number of nitrogens with zero attached hydrogens (tertiary/aromatic N) is 2. The van der Waals surface area contributed by atoms with Crippen molar-refractivity contribution in [1.29, 1.82) is 0 Å². The van der Waals surface area contributed by atoms with Gasteiger partial charge in [0.2, 0.25) is 10.0 Å². The Labute approximate surface area is 156 Å². The molecule has 0 spiro atoms. The van der Waals surface area contributed by atoms with Crippen LogP contribution in [0.2, 0.25) is 0 Å². The second kappa shape index (κ2) is 8.25. The molecular formula is C18H27ClN2O3S. The van der Waals surface area contributed by atoms with E-state index in [1.807, 2.05) is 4.42 Å². The molecule has 0 atom stereocenters. The van der Waals surface area contributed by atoms with Crippen LogP contribution in [-0.4, -0.2) is 50.4 Å². The average molecular weight is 387 g/mol. The summed E-state index contributed by atoms with van der Waals surface area (Å²) < 4.78 is 34.2. The van der Waals surface area contributed by atoms with Crippen molar-refractivity contribution in [2.45, 2.75) is 37.0 Å². The Hall–Kier alpha value is -0.820. The fraction of sp³-hybridized carbons (Fsp3) is 0.667. The van der Waals surface area contributed by atoms with Crippen LogP contribution in [0.25, 0.3) is 0 Å². The van der Waals surface area contributed by atoms with E-state index in [0.29, 0.717) is 29.7 Å². The van der Waals surface area contributed by atoms with Crippen LogP contribution in [0.5, 0.6) is 5.75 Å². The second-order valence-corrected chi connectivity index (χ2v) is 9.53. The molecule has 0 bridgehead atoms. The summed E-state index contributed by atoms with van der Waals surface area (Å²) in [6, 6.07) is 6.64. The summed E-state index contributed by atoms with van der Waals surface area (Å²) in [5.74, 6) is 2.04. The fourth-order valence-electron chi connectivity index (χ4n) is 3.89. The van der Waals surface area contributed by atoms with Crippen molar-refractivity contribution in [1.82, 2.24) is 8.72 Å². The molecule has 0 amide bonds. The predicted molar refractivity (Wildman–Crippen MR) is 99.2 cm³/mol. The summed E-state index contributed by atoms with van der Waals surface area (Å²) in [5, 5.41) is 0. The zero-order chi connectivity index (χ0) is 17.9. The third-order valence-corrected chi connectivity index (χ3v) is 7.75. The minimum Gasteiger partial charge on any atom is -0.497 e. The van der Waals surface area contributed by atoms with Gasteiger partial charge in [-0.05, 0) is 80.0 Å². The molecular weight excluding hydrogens is 360 g/mol. The van der Waals surface area contributed by atoms with Crippen LogP contribution in [0.15, 0.2) is 29.2 Å². The lowest BCUT2D eigenvalue weighted by atomic mass is 9.83. The fourth-order valence-corrected chi connectivity index (χ4v) is 5.56. The van der Waals surface area contributed by atoms with Gasteiger partial charge in [-0.3, -0.25) is 0 Å². The van der Waals surface area contributed by atoms with Crippen LogP contribution < -0.4 is 4.74 Å². The maximum absolute atomic E-state index is 12.8. The van der Waals surface area contributed by atoms with E-state index in [-0.39, 0.29) is 0 Å². The molecule has 3 rings (SSSR count). The summed E-state index contributed by atoms with van der Waals surface area (Å²) in [7, 11) is -1.82. The first-order chi connectivity index (χ1) is 12.0. The molecule has 140 valence electrons. The second-order valence-electron chi connectivity index (χ2n) is 7.11. The van der Waals surface area contributed by atoms with Gasteiger partial charge in [-0.25, -0.2) is 12.8 Å². The number of rotatable bonds is 5. The number of methoxy groups -OCH3 is 1. The van der Waals surface area contributed by atoms with E-state index >= 15 is 0 Å². The molecule has 0 N–H and O–H groups in total. The molecule has 1 aromatic carbocycles. The molecule has 0 aliphatic carbocycles. The number of benzene rings is 1. The summed E-state index contributed by atoms with van der Waals surface area (Å²) >= 11 is 6.02. The van der Waals surface area contributed by atoms with Gasteiger partial charge in [-0.15, -0.1) is 0 Å². The van der Waals surface area contributed by atoms with E-state index in [1.54, 1.807) is 35.7 Å². The first-order valence-electron chi connectivity index (χ1n) is 9.04. The van der Waals surface area contributed by atoms with Crippen LogP contribution in [0.1, 0.15) is 32.1 Å². The normalized spacial score (nSPS) is 22.2. The monoisotopic (exact) mass is 386 g/mol. The van der Waals surface area contributed by atoms with Gasteiger partial charge in [0, 0.05) is 26.2 Å². The third kappa shape index (κ3) is 4.67. The molecule has 0 unspecified atom stereocenters. The van der Waals surface area contributed by atoms with Gasteiger partial charge in [-0.1, -0.05) is 0 Å². The van der Waals surface area contributed by atoms with Gasteiger partial charge in [0.1, 0.15) is 5.75 Å². The maximum atomic E-state index is 12.8. The number of hydrogen-bond donors (Lipinski definition) is 0. The molecule has 1 aromatic rings. The quantitative estimate of drug-likeness (QED) is 0.728. The Morgan fingerprint density at radius 2 is 1.52 bits per heavy atom. The Morgan fingerprint density at radius 1 is 1.00 bits per heavy atom. The molecule has 5 nitrogen and oxygen atoms in total. The average Bonchev–Trinajstić information content (AvgIpc) is 2.64. The largest absolute Gasteiger partial charge is 0.497 e. The number of ether oxygens (including phenoxy) is 1. The molecule has 0 saturated carbocycles. The van der Waals surface area contributed by atoms with Crippen molar-refractivity contribution in [2.24, 2.45) is 11.8 Å². The lowest BCUT2D eigenvalue weighted by Crippen LogP contribution is -2.39. The Bertz CT molecular complexity index is 649. The first kappa shape index (κ1) is 19.0. The number of halogens is 1. The van der Waals surface area contributed by atoms with Crippen molar-refractivity contribution >= 4 is 21.8 Å². The molecule has 7 heteroatoms. The van der Waals surface area contributed by atoms with Crippen LogP contribution in [0, 0.1) is 11.8 Å². The van der Waals surface area contributed by atoms with Gasteiger partial charge in [0.25, 0.3) is 0 Å². The zero-order valence-electron chi connectivity index (χ0n) is 14.7. The minimum absolute atomic E-state index is 0.348. The van der Waals surface area contributed by atoms with Gasteiger partial charge in [0.15, 0.2) is 0 Å². The van der Waals surface area contributed by atoms with Gasteiger partial charge < -0.3 is 4.74 Å². The Balaban J connectivity index is 1.54. The maximum Gasteiger partial charge on any atom is 0.243 e. The van der Waals surface area contributed by atoms with Gasteiger partial charge in [-0.2, -0.15) is 4.31 Å². The summed E-state index contributed by atoms with van der Waals surface area (Å²) in [6.07, 6.45) is 5.44. The molecule has 2 fully saturated rings. The van der Waals surface area contributed by atoms with E-state index in [1.165, 1.54) is 6.42 Å². The molecule has 0 aromatic heterocycles. The molecule has 2 heterocycles. The molecule has 2 aliphatic heterocycles. The number of piperidine rings is 2. The van der Waals surface area contributed by atoms with E-state index < -0.39 is 10.0 Å². The minimum atomic E-state index is -3.40. The van der Waals surface area contributed by atoms with Crippen molar-refractivity contribution in [3.8, 4) is 5.75 Å². The summed E-state index contributed by atoms with van der Waals surface area (Å²) in [4.78, 5) is 0.348. The smallest absolute Gasteiger partial charge is 0.243 e. The zero-order valence-corrected chi connectivity index (χ0v) is 16.3. The predicted octanol–water partition coefficient (Wildman–Crippen LogP) is 3.35. The number of sulfonamides is 1. The van der Waals surface area contributed by atoms with Crippen molar-refractivity contribution < 1.29 is 13.2 Å². The lowest BCUT2D eigenvalue weighted by molar-refractivity contribution is 0.197. The SMILES string of the molecule is COc1ccc(S(=O)(=O)N2CCC(CC3CCN(Cl)CC3)CC2)cc1. The summed E-state index contributed by atoms with van der Waals surface area (Å²) in [5.41, 5.74) is 0. The highest BCUT2D eigenvalue weighted by Gasteiger charge is 2.31. The van der Waals surface area contributed by atoms with Crippen LogP contribution in [-0.2, 0) is 10.0 Å². The van der Waals surface area contributed by atoms with E-state index in [4.69, 9.17) is 16.5 Å². The van der Waals surface area contributed by atoms with Crippen LogP contribution >= 0.6 is 11.8 Å². The highest BCUT2D eigenvalue weighted by molar-refractivity contribution is 7.89. The van der Waals surface area contributed by atoms with Crippen LogP contribution in [0.3, 0.4) is 0 Å². The summed E-state index contributed by atoms with van der Waals surface area (Å²) in [6.45, 7) is 3.18. The van der Waals surface area contributed by atoms with Crippen molar-refractivity contribution in [3.63, 3.8) is 0 Å². The first-order valence-corrected chi connectivity index (χ1v) is 10.8. The molecule has 2 saturated heterocycles. The van der Waals surface area contributed by atoms with E-state index in [9.17, 15) is 8.42 Å². The Morgan fingerprint density at radius 3 is 2.04 bits per heavy atom. The van der Waals surface area contributed by atoms with Crippen molar-refractivity contribution in [3.05, 3.63) is 24.3 Å². The molecule has 2 aliphatic rings. The van der Waals surface area contributed by atoms with Gasteiger partial charge >= 0.3 is 0 Å². The van der Waals surface area contributed by atoms with Gasteiger partial charge in [0.05, 0.1) is 12.0 Å².